The van der Waals surface area contributed by atoms with Crippen LogP contribution < -0.4 is 11.1 Å². The molecule has 1 amide bonds. The zero-order valence-electron chi connectivity index (χ0n) is 14.0. The van der Waals surface area contributed by atoms with Crippen LogP contribution in [0.25, 0.3) is 0 Å². The lowest BCUT2D eigenvalue weighted by Gasteiger charge is -2.54. The van der Waals surface area contributed by atoms with Gasteiger partial charge in [-0.25, -0.2) is 0 Å². The van der Waals surface area contributed by atoms with Crippen molar-refractivity contribution < 1.29 is 9.53 Å². The lowest BCUT2D eigenvalue weighted by Crippen LogP contribution is -2.67. The zero-order valence-corrected chi connectivity index (χ0v) is 14.8. The van der Waals surface area contributed by atoms with E-state index in [9.17, 15) is 4.79 Å². The summed E-state index contributed by atoms with van der Waals surface area (Å²) in [5.74, 6) is 0.249. The molecule has 5 heteroatoms. The van der Waals surface area contributed by atoms with Gasteiger partial charge in [-0.15, -0.1) is 12.4 Å². The van der Waals surface area contributed by atoms with Crippen LogP contribution in [-0.2, 0) is 9.53 Å². The van der Waals surface area contributed by atoms with Crippen molar-refractivity contribution in [2.75, 3.05) is 6.61 Å². The van der Waals surface area contributed by atoms with Crippen molar-refractivity contribution >= 4 is 18.3 Å². The molecular formula is C18H27ClN2O2. The first-order valence-electron chi connectivity index (χ1n) is 8.15. The number of ether oxygens (including phenoxy) is 1. The fourth-order valence-corrected chi connectivity index (χ4v) is 4.03. The van der Waals surface area contributed by atoms with Crippen molar-refractivity contribution in [1.29, 1.82) is 0 Å². The first kappa shape index (κ1) is 18.2. The molecular weight excluding hydrogens is 312 g/mol. The van der Waals surface area contributed by atoms with E-state index in [1.165, 1.54) is 0 Å². The van der Waals surface area contributed by atoms with Gasteiger partial charge in [0.15, 0.2) is 0 Å². The maximum Gasteiger partial charge on any atom is 0.224 e. The highest BCUT2D eigenvalue weighted by molar-refractivity contribution is 5.85. The standard InChI is InChI=1S/C18H26N2O2.ClH/c1-11(14(19)12-7-5-4-6-8-12)17(21)20-15-13-9-10-22-16(13)18(15,2)3;/h4-8,11,13-16H,9-10,19H2,1-3H3,(H,20,21);1H. The first-order chi connectivity index (χ1) is 10.4. The predicted molar refractivity (Wildman–Crippen MR) is 93.3 cm³/mol. The predicted octanol–water partition coefficient (Wildman–Crippen LogP) is 2.67. The van der Waals surface area contributed by atoms with E-state index < -0.39 is 0 Å². The molecule has 4 nitrogen and oxygen atoms in total. The molecule has 2 aliphatic rings. The molecule has 128 valence electrons. The summed E-state index contributed by atoms with van der Waals surface area (Å²) >= 11 is 0. The second-order valence-electron chi connectivity index (χ2n) is 7.28. The van der Waals surface area contributed by atoms with E-state index in [2.05, 4.69) is 19.2 Å². The summed E-state index contributed by atoms with van der Waals surface area (Å²) in [5.41, 5.74) is 7.27. The third kappa shape index (κ3) is 3.12. The number of hydrogen-bond donors (Lipinski definition) is 2. The van der Waals surface area contributed by atoms with Crippen LogP contribution in [0.3, 0.4) is 0 Å². The molecule has 1 saturated heterocycles. The quantitative estimate of drug-likeness (QED) is 0.887. The molecule has 1 aliphatic heterocycles. The number of nitrogens with one attached hydrogen (secondary N) is 1. The van der Waals surface area contributed by atoms with Crippen molar-refractivity contribution in [2.45, 2.75) is 45.4 Å². The van der Waals surface area contributed by atoms with Crippen LogP contribution in [0.15, 0.2) is 30.3 Å². The minimum absolute atomic E-state index is 0. The highest BCUT2D eigenvalue weighted by atomic mass is 35.5. The highest BCUT2D eigenvalue weighted by Gasteiger charge is 2.59. The molecule has 1 saturated carbocycles. The second kappa shape index (κ2) is 6.80. The van der Waals surface area contributed by atoms with Crippen LogP contribution in [0.2, 0.25) is 0 Å². The summed E-state index contributed by atoms with van der Waals surface area (Å²) in [6.45, 7) is 7.06. The van der Waals surface area contributed by atoms with Gasteiger partial charge in [0.25, 0.3) is 0 Å². The molecule has 2 fully saturated rings. The molecule has 1 heterocycles. The Morgan fingerprint density at radius 1 is 1.35 bits per heavy atom. The summed E-state index contributed by atoms with van der Waals surface area (Å²) in [7, 11) is 0. The number of nitrogens with two attached hydrogens (primary N) is 1. The monoisotopic (exact) mass is 338 g/mol. The highest BCUT2D eigenvalue weighted by Crippen LogP contribution is 2.52. The van der Waals surface area contributed by atoms with E-state index in [-0.39, 0.29) is 47.8 Å². The Kier molecular flexibility index (Phi) is 5.39. The number of hydrogen-bond acceptors (Lipinski definition) is 3. The Hall–Kier alpha value is -1.10. The van der Waals surface area contributed by atoms with E-state index in [1.807, 2.05) is 37.3 Å². The van der Waals surface area contributed by atoms with Crippen LogP contribution in [0.1, 0.15) is 38.8 Å². The largest absolute Gasteiger partial charge is 0.377 e. The van der Waals surface area contributed by atoms with Gasteiger partial charge in [-0.1, -0.05) is 51.1 Å². The summed E-state index contributed by atoms with van der Waals surface area (Å²) in [6, 6.07) is 9.73. The molecule has 1 aromatic rings. The topological polar surface area (TPSA) is 64.3 Å². The van der Waals surface area contributed by atoms with Gasteiger partial charge in [-0.2, -0.15) is 0 Å². The van der Waals surface area contributed by atoms with Crippen molar-refractivity contribution in [3.8, 4) is 0 Å². The second-order valence-corrected chi connectivity index (χ2v) is 7.28. The van der Waals surface area contributed by atoms with Crippen molar-refractivity contribution in [3.05, 3.63) is 35.9 Å². The third-order valence-electron chi connectivity index (χ3n) is 5.53. The number of carbonyl (C=O) groups excluding carboxylic acids is 1. The van der Waals surface area contributed by atoms with Gasteiger partial charge in [0.2, 0.25) is 5.91 Å². The molecule has 23 heavy (non-hydrogen) atoms. The van der Waals surface area contributed by atoms with Gasteiger partial charge >= 0.3 is 0 Å². The van der Waals surface area contributed by atoms with Gasteiger partial charge in [-0.05, 0) is 12.0 Å². The third-order valence-corrected chi connectivity index (χ3v) is 5.53. The van der Waals surface area contributed by atoms with Crippen molar-refractivity contribution in [2.24, 2.45) is 23.0 Å². The van der Waals surface area contributed by atoms with E-state index >= 15 is 0 Å². The molecule has 5 unspecified atom stereocenters. The maximum atomic E-state index is 12.6. The van der Waals surface area contributed by atoms with Crippen LogP contribution in [0.5, 0.6) is 0 Å². The van der Waals surface area contributed by atoms with E-state index in [0.29, 0.717) is 5.92 Å². The van der Waals surface area contributed by atoms with Crippen molar-refractivity contribution in [1.82, 2.24) is 5.32 Å². The van der Waals surface area contributed by atoms with Gasteiger partial charge in [-0.3, -0.25) is 4.79 Å². The Morgan fingerprint density at radius 2 is 2.00 bits per heavy atom. The minimum atomic E-state index is -0.278. The molecule has 3 N–H and O–H groups in total. The Morgan fingerprint density at radius 3 is 2.65 bits per heavy atom. The van der Waals surface area contributed by atoms with Crippen LogP contribution in [0.4, 0.5) is 0 Å². The van der Waals surface area contributed by atoms with E-state index in [1.54, 1.807) is 0 Å². The fourth-order valence-electron chi connectivity index (χ4n) is 4.03. The average Bonchev–Trinajstić information content (AvgIpc) is 2.98. The number of amides is 1. The molecule has 0 bridgehead atoms. The first-order valence-corrected chi connectivity index (χ1v) is 8.15. The average molecular weight is 339 g/mol. The number of benzene rings is 1. The summed E-state index contributed by atoms with van der Waals surface area (Å²) in [4.78, 5) is 12.6. The van der Waals surface area contributed by atoms with Crippen LogP contribution in [-0.4, -0.2) is 24.7 Å². The molecule has 0 radical (unpaired) electrons. The summed E-state index contributed by atoms with van der Waals surface area (Å²) in [5, 5.41) is 3.23. The molecule has 5 atom stereocenters. The maximum absolute atomic E-state index is 12.6. The Bertz CT molecular complexity index is 549. The van der Waals surface area contributed by atoms with Crippen LogP contribution >= 0.6 is 12.4 Å². The molecule has 3 rings (SSSR count). The number of halogens is 1. The van der Waals surface area contributed by atoms with Gasteiger partial charge in [0.05, 0.1) is 12.0 Å². The molecule has 1 aromatic carbocycles. The van der Waals surface area contributed by atoms with Crippen molar-refractivity contribution in [3.63, 3.8) is 0 Å². The molecule has 0 spiro atoms. The Balaban J connectivity index is 0.00000192. The van der Waals surface area contributed by atoms with E-state index in [4.69, 9.17) is 10.5 Å². The zero-order chi connectivity index (χ0) is 15.9. The lowest BCUT2D eigenvalue weighted by atomic mass is 9.57. The molecule has 1 aliphatic carbocycles. The number of carbonyl (C=O) groups is 1. The smallest absolute Gasteiger partial charge is 0.224 e. The van der Waals surface area contributed by atoms with Gasteiger partial charge in [0.1, 0.15) is 0 Å². The van der Waals surface area contributed by atoms with Gasteiger partial charge in [0, 0.05) is 30.0 Å². The molecule has 0 aromatic heterocycles. The van der Waals surface area contributed by atoms with Gasteiger partial charge < -0.3 is 15.8 Å². The normalized spacial score (nSPS) is 30.3. The number of fused-ring (bicyclic) bond motifs is 1. The summed E-state index contributed by atoms with van der Waals surface area (Å²) in [6.07, 6.45) is 1.33. The fraction of sp³-hybridized carbons (Fsp3) is 0.611. The summed E-state index contributed by atoms with van der Waals surface area (Å²) < 4.78 is 5.78. The SMILES string of the molecule is CC(C(=O)NC1C2CCOC2C1(C)C)C(N)c1ccccc1.Cl. The van der Waals surface area contributed by atoms with Crippen LogP contribution in [0, 0.1) is 17.3 Å². The lowest BCUT2D eigenvalue weighted by molar-refractivity contribution is -0.141. The minimum Gasteiger partial charge on any atom is -0.377 e. The number of rotatable bonds is 4. The Labute approximate surface area is 144 Å². The van der Waals surface area contributed by atoms with E-state index in [0.717, 1.165) is 18.6 Å².